The zero-order valence-electron chi connectivity index (χ0n) is 10.1. The molecule has 0 radical (unpaired) electrons. The molecule has 1 aromatic rings. The van der Waals surface area contributed by atoms with Crippen LogP contribution in [0.2, 0.25) is 0 Å². The highest BCUT2D eigenvalue weighted by atomic mass is 16.5. The van der Waals surface area contributed by atoms with Gasteiger partial charge in [-0.2, -0.15) is 0 Å². The lowest BCUT2D eigenvalue weighted by atomic mass is 10.1. The Hall–Kier alpha value is -1.65. The summed E-state index contributed by atoms with van der Waals surface area (Å²) in [7, 11) is 0. The monoisotopic (exact) mass is 244 g/mol. The zero-order valence-corrected chi connectivity index (χ0v) is 10.1. The van der Waals surface area contributed by atoms with Crippen LogP contribution in [-0.2, 0) is 9.53 Å². The summed E-state index contributed by atoms with van der Waals surface area (Å²) in [5.74, 6) is 0.0123. The van der Waals surface area contributed by atoms with Crippen LogP contribution in [0.15, 0.2) is 35.9 Å². The van der Waals surface area contributed by atoms with E-state index in [1.807, 2.05) is 30.3 Å². The van der Waals surface area contributed by atoms with E-state index >= 15 is 0 Å². The Kier molecular flexibility index (Phi) is 3.13. The Morgan fingerprint density at radius 3 is 2.72 bits per heavy atom. The molecule has 4 nitrogen and oxygen atoms in total. The Labute approximate surface area is 106 Å². The van der Waals surface area contributed by atoms with Gasteiger partial charge in [0, 0.05) is 24.4 Å². The molecule has 94 valence electrons. The molecule has 18 heavy (non-hydrogen) atoms. The molecule has 1 atom stereocenters. The number of anilines is 1. The molecular weight excluding hydrogens is 228 g/mol. The van der Waals surface area contributed by atoms with Gasteiger partial charge in [-0.1, -0.05) is 18.2 Å². The van der Waals surface area contributed by atoms with Gasteiger partial charge in [0.05, 0.1) is 12.7 Å². The van der Waals surface area contributed by atoms with Crippen molar-refractivity contribution in [3.05, 3.63) is 41.5 Å². The summed E-state index contributed by atoms with van der Waals surface area (Å²) in [4.78, 5) is 11.5. The van der Waals surface area contributed by atoms with Gasteiger partial charge in [0.25, 0.3) is 5.91 Å². The van der Waals surface area contributed by atoms with Crippen molar-refractivity contribution in [2.75, 3.05) is 25.0 Å². The summed E-state index contributed by atoms with van der Waals surface area (Å²) in [5.41, 5.74) is 2.85. The fourth-order valence-electron chi connectivity index (χ4n) is 2.01. The van der Waals surface area contributed by atoms with Crippen molar-refractivity contribution in [3.8, 4) is 0 Å². The van der Waals surface area contributed by atoms with Crippen molar-refractivity contribution in [1.29, 1.82) is 0 Å². The van der Waals surface area contributed by atoms with E-state index < -0.39 is 0 Å². The highest BCUT2D eigenvalue weighted by Crippen LogP contribution is 2.23. The van der Waals surface area contributed by atoms with E-state index in [2.05, 4.69) is 10.6 Å². The maximum atomic E-state index is 11.5. The zero-order chi connectivity index (χ0) is 12.4. The number of ether oxygens (including phenoxy) is 1. The fourth-order valence-corrected chi connectivity index (χ4v) is 2.01. The van der Waals surface area contributed by atoms with E-state index in [9.17, 15) is 4.79 Å². The van der Waals surface area contributed by atoms with E-state index in [4.69, 9.17) is 4.74 Å². The molecule has 1 aliphatic carbocycles. The van der Waals surface area contributed by atoms with E-state index in [0.717, 1.165) is 42.9 Å². The van der Waals surface area contributed by atoms with E-state index in [1.54, 1.807) is 0 Å². The van der Waals surface area contributed by atoms with Crippen LogP contribution in [0.1, 0.15) is 18.1 Å². The number of nitrogens with one attached hydrogen (secondary N) is 2. The quantitative estimate of drug-likeness (QED) is 0.849. The van der Waals surface area contributed by atoms with E-state index in [1.165, 1.54) is 0 Å². The number of benzene rings is 1. The second kappa shape index (κ2) is 4.92. The van der Waals surface area contributed by atoms with Crippen LogP contribution in [0.5, 0.6) is 0 Å². The molecule has 1 fully saturated rings. The highest BCUT2D eigenvalue weighted by Gasteiger charge is 2.18. The maximum Gasteiger partial charge on any atom is 0.251 e. The van der Waals surface area contributed by atoms with Gasteiger partial charge in [-0.05, 0) is 24.1 Å². The number of hydrogen-bond donors (Lipinski definition) is 2. The van der Waals surface area contributed by atoms with Crippen LogP contribution in [0.4, 0.5) is 5.69 Å². The molecule has 0 aromatic heterocycles. The topological polar surface area (TPSA) is 50.4 Å². The normalized spacial score (nSPS) is 22.2. The van der Waals surface area contributed by atoms with Crippen LogP contribution >= 0.6 is 0 Å². The van der Waals surface area contributed by atoms with Crippen molar-refractivity contribution < 1.29 is 9.53 Å². The lowest BCUT2D eigenvalue weighted by Gasteiger charge is -2.24. The van der Waals surface area contributed by atoms with Gasteiger partial charge in [-0.25, -0.2) is 0 Å². The van der Waals surface area contributed by atoms with Gasteiger partial charge in [0.1, 0.15) is 0 Å². The average molecular weight is 244 g/mol. The third-order valence-electron chi connectivity index (χ3n) is 3.17. The number of morpholine rings is 1. The number of carbonyl (C=O) groups is 1. The second-order valence-electron chi connectivity index (χ2n) is 4.57. The van der Waals surface area contributed by atoms with Gasteiger partial charge < -0.3 is 15.4 Å². The smallest absolute Gasteiger partial charge is 0.251 e. The van der Waals surface area contributed by atoms with Gasteiger partial charge in [0.2, 0.25) is 0 Å². The average Bonchev–Trinajstić information content (AvgIpc) is 3.25. The first-order chi connectivity index (χ1) is 8.83. The van der Waals surface area contributed by atoms with Crippen molar-refractivity contribution in [2.24, 2.45) is 0 Å². The molecule has 1 heterocycles. The first kappa shape index (κ1) is 11.4. The Balaban J connectivity index is 1.64. The summed E-state index contributed by atoms with van der Waals surface area (Å²) in [5, 5.41) is 6.17. The van der Waals surface area contributed by atoms with Gasteiger partial charge in [0.15, 0.2) is 0 Å². The van der Waals surface area contributed by atoms with Crippen molar-refractivity contribution in [1.82, 2.24) is 5.32 Å². The van der Waals surface area contributed by atoms with E-state index in [0.29, 0.717) is 0 Å². The Bertz CT molecular complexity index is 473. The first-order valence-electron chi connectivity index (χ1n) is 6.25. The first-order valence-corrected chi connectivity index (χ1v) is 6.25. The SMILES string of the molecule is O=C(Nc1ccc([C@H]2CNCCO2)cc1)C1=CC1. The van der Waals surface area contributed by atoms with Crippen LogP contribution in [0.3, 0.4) is 0 Å². The lowest BCUT2D eigenvalue weighted by molar-refractivity contribution is -0.112. The standard InChI is InChI=1S/C14H16N2O2/c17-14(11-1-2-11)16-12-5-3-10(4-6-12)13-9-15-7-8-18-13/h1,3-6,13,15H,2,7-9H2,(H,16,17)/t13-/m1/s1. The fraction of sp³-hybridized carbons (Fsp3) is 0.357. The highest BCUT2D eigenvalue weighted by molar-refractivity contribution is 6.06. The third-order valence-corrected chi connectivity index (χ3v) is 3.17. The minimum Gasteiger partial charge on any atom is -0.371 e. The van der Waals surface area contributed by atoms with Crippen LogP contribution in [0.25, 0.3) is 0 Å². The summed E-state index contributed by atoms with van der Waals surface area (Å²) in [6.45, 7) is 2.51. The second-order valence-corrected chi connectivity index (χ2v) is 4.57. The predicted molar refractivity (Wildman–Crippen MR) is 69.3 cm³/mol. The molecule has 0 bridgehead atoms. The molecule has 4 heteroatoms. The largest absolute Gasteiger partial charge is 0.371 e. The molecule has 1 aromatic carbocycles. The molecule has 0 unspecified atom stereocenters. The van der Waals surface area contributed by atoms with Gasteiger partial charge in [-0.3, -0.25) is 4.79 Å². The number of hydrogen-bond acceptors (Lipinski definition) is 3. The van der Waals surface area contributed by atoms with Crippen LogP contribution < -0.4 is 10.6 Å². The molecule has 3 rings (SSSR count). The molecule has 1 amide bonds. The number of rotatable bonds is 3. The molecule has 2 N–H and O–H groups in total. The lowest BCUT2D eigenvalue weighted by Crippen LogP contribution is -2.33. The van der Waals surface area contributed by atoms with Gasteiger partial charge in [-0.15, -0.1) is 0 Å². The Morgan fingerprint density at radius 1 is 1.33 bits per heavy atom. The molecule has 1 aliphatic heterocycles. The Morgan fingerprint density at radius 2 is 2.11 bits per heavy atom. The summed E-state index contributed by atoms with van der Waals surface area (Å²) < 4.78 is 5.67. The number of allylic oxidation sites excluding steroid dienone is 1. The molecule has 0 saturated carbocycles. The molecular formula is C14H16N2O2. The van der Waals surface area contributed by atoms with Crippen LogP contribution in [-0.4, -0.2) is 25.6 Å². The molecule has 0 spiro atoms. The van der Waals surface area contributed by atoms with Crippen LogP contribution in [0, 0.1) is 0 Å². The summed E-state index contributed by atoms with van der Waals surface area (Å²) >= 11 is 0. The number of amides is 1. The summed E-state index contributed by atoms with van der Waals surface area (Å²) in [6, 6.07) is 7.87. The van der Waals surface area contributed by atoms with E-state index in [-0.39, 0.29) is 12.0 Å². The molecule has 1 saturated heterocycles. The molecule has 2 aliphatic rings. The number of carbonyl (C=O) groups excluding carboxylic acids is 1. The van der Waals surface area contributed by atoms with Gasteiger partial charge >= 0.3 is 0 Å². The van der Waals surface area contributed by atoms with Crippen molar-refractivity contribution >= 4 is 11.6 Å². The minimum absolute atomic E-state index is 0.0123. The predicted octanol–water partition coefficient (Wildman–Crippen LogP) is 1.62. The summed E-state index contributed by atoms with van der Waals surface area (Å²) in [6.07, 6.45) is 2.87. The minimum atomic E-state index is 0.0123. The van der Waals surface area contributed by atoms with Crippen molar-refractivity contribution in [3.63, 3.8) is 0 Å². The maximum absolute atomic E-state index is 11.5. The third kappa shape index (κ3) is 2.60. The van der Waals surface area contributed by atoms with Crippen molar-refractivity contribution in [2.45, 2.75) is 12.5 Å².